The van der Waals surface area contributed by atoms with Gasteiger partial charge in [0.25, 0.3) is 0 Å². The van der Waals surface area contributed by atoms with Crippen LogP contribution in [0.3, 0.4) is 0 Å². The summed E-state index contributed by atoms with van der Waals surface area (Å²) in [7, 11) is 0. The number of carbonyl (C=O) groups is 2. The van der Waals surface area contributed by atoms with E-state index in [9.17, 15) is 14.7 Å². The number of aldehydes is 1. The first kappa shape index (κ1) is 14.1. The first-order valence-corrected chi connectivity index (χ1v) is 6.10. The molecule has 3 nitrogen and oxygen atoms in total. The highest BCUT2D eigenvalue weighted by Gasteiger charge is 2.52. The second kappa shape index (κ2) is 5.15. The second-order valence-corrected chi connectivity index (χ2v) is 4.71. The topological polar surface area (TPSA) is 54.4 Å². The lowest BCUT2D eigenvalue weighted by atomic mass is 9.65. The van der Waals surface area contributed by atoms with Crippen molar-refractivity contribution < 1.29 is 14.7 Å². The molecule has 1 N–H and O–H groups in total. The molecule has 17 heavy (non-hydrogen) atoms. The van der Waals surface area contributed by atoms with E-state index in [4.69, 9.17) is 11.6 Å². The van der Waals surface area contributed by atoms with E-state index in [1.165, 1.54) is 0 Å². The van der Waals surface area contributed by atoms with Crippen molar-refractivity contribution in [2.75, 3.05) is 0 Å². The van der Waals surface area contributed by atoms with Crippen LogP contribution >= 0.6 is 11.6 Å². The van der Waals surface area contributed by atoms with Crippen molar-refractivity contribution in [2.45, 2.75) is 38.7 Å². The molecule has 0 bridgehead atoms. The molecular weight excluding hydrogens is 240 g/mol. The Labute approximate surface area is 106 Å². The zero-order chi connectivity index (χ0) is 13.1. The van der Waals surface area contributed by atoms with Gasteiger partial charge in [-0.3, -0.25) is 4.79 Å². The maximum Gasteiger partial charge on any atom is 0.165 e. The number of hydrogen-bond donors (Lipinski definition) is 1. The summed E-state index contributed by atoms with van der Waals surface area (Å²) < 4.78 is 0. The number of halogens is 1. The summed E-state index contributed by atoms with van der Waals surface area (Å²) >= 11 is 5.80. The van der Waals surface area contributed by atoms with Crippen LogP contribution in [0.5, 0.6) is 0 Å². The molecule has 4 heteroatoms. The molecule has 1 rings (SSSR count). The van der Waals surface area contributed by atoms with Crippen LogP contribution in [0, 0.1) is 5.41 Å². The lowest BCUT2D eigenvalue weighted by molar-refractivity contribution is -0.154. The van der Waals surface area contributed by atoms with Gasteiger partial charge in [0.1, 0.15) is 11.9 Å². The Morgan fingerprint density at radius 2 is 2.29 bits per heavy atom. The fourth-order valence-corrected chi connectivity index (χ4v) is 2.34. The Kier molecular flexibility index (Phi) is 4.28. The van der Waals surface area contributed by atoms with Crippen LogP contribution < -0.4 is 0 Å². The van der Waals surface area contributed by atoms with Gasteiger partial charge in [-0.25, -0.2) is 0 Å². The molecule has 94 valence electrons. The van der Waals surface area contributed by atoms with Gasteiger partial charge >= 0.3 is 0 Å². The van der Waals surface area contributed by atoms with Crippen molar-refractivity contribution in [2.24, 2.45) is 5.41 Å². The number of hydrogen-bond acceptors (Lipinski definition) is 3. The van der Waals surface area contributed by atoms with Gasteiger partial charge in [-0.2, -0.15) is 0 Å². The molecule has 0 saturated carbocycles. The quantitative estimate of drug-likeness (QED) is 0.769. The summed E-state index contributed by atoms with van der Waals surface area (Å²) in [5, 5.41) is 11.1. The van der Waals surface area contributed by atoms with E-state index in [0.717, 1.165) is 0 Å². The molecule has 0 fully saturated rings. The number of ketones is 1. The second-order valence-electron chi connectivity index (χ2n) is 4.28. The number of Topliss-reactive ketones (excluding diaryl/α,β-unsaturated/α-hetero) is 1. The third-order valence-corrected chi connectivity index (χ3v) is 3.73. The molecule has 0 heterocycles. The van der Waals surface area contributed by atoms with Crippen molar-refractivity contribution in [3.63, 3.8) is 0 Å². The first-order valence-electron chi connectivity index (χ1n) is 5.72. The smallest absolute Gasteiger partial charge is 0.165 e. The zero-order valence-corrected chi connectivity index (χ0v) is 10.8. The highest BCUT2D eigenvalue weighted by atomic mass is 35.5. The fraction of sp³-hybridized carbons (Fsp3) is 0.538. The van der Waals surface area contributed by atoms with E-state index in [-0.39, 0.29) is 25.0 Å². The summed E-state index contributed by atoms with van der Waals surface area (Å²) in [6.45, 7) is 3.38. The van der Waals surface area contributed by atoms with Gasteiger partial charge in [0.2, 0.25) is 0 Å². The summed E-state index contributed by atoms with van der Waals surface area (Å²) in [5.74, 6) is -0.317. The fourth-order valence-electron chi connectivity index (χ4n) is 2.20. The molecule has 0 unspecified atom stereocenters. The van der Waals surface area contributed by atoms with Crippen LogP contribution in [0.1, 0.15) is 33.1 Å². The van der Waals surface area contributed by atoms with E-state index < -0.39 is 11.0 Å². The molecule has 1 aliphatic rings. The van der Waals surface area contributed by atoms with E-state index in [0.29, 0.717) is 11.3 Å². The Morgan fingerprint density at radius 1 is 1.65 bits per heavy atom. The monoisotopic (exact) mass is 256 g/mol. The van der Waals surface area contributed by atoms with Crippen LogP contribution in [0.25, 0.3) is 0 Å². The molecule has 1 aliphatic carbocycles. The first-order chi connectivity index (χ1) is 7.95. The molecule has 0 aromatic rings. The van der Waals surface area contributed by atoms with E-state index >= 15 is 0 Å². The van der Waals surface area contributed by atoms with Gasteiger partial charge in [-0.05, 0) is 18.9 Å². The molecule has 2 atom stereocenters. The number of rotatable bonds is 5. The minimum atomic E-state index is -1.64. The van der Waals surface area contributed by atoms with Crippen molar-refractivity contribution in [3.05, 3.63) is 23.3 Å². The van der Waals surface area contributed by atoms with Crippen molar-refractivity contribution in [1.29, 1.82) is 0 Å². The SMILES string of the molecule is CCC(=O)[C@](O)(CC)[C@@]1(C=O)C=CC(Cl)=CC1. The molecule has 0 aromatic carbocycles. The van der Waals surface area contributed by atoms with Crippen molar-refractivity contribution >= 4 is 23.7 Å². The van der Waals surface area contributed by atoms with Crippen LogP contribution in [0.15, 0.2) is 23.3 Å². The maximum absolute atomic E-state index is 11.9. The minimum Gasteiger partial charge on any atom is -0.381 e. The highest BCUT2D eigenvalue weighted by Crippen LogP contribution is 2.42. The average Bonchev–Trinajstić information content (AvgIpc) is 2.38. The largest absolute Gasteiger partial charge is 0.381 e. The Morgan fingerprint density at radius 3 is 2.65 bits per heavy atom. The Balaban J connectivity index is 3.21. The molecule has 0 spiro atoms. The lowest BCUT2D eigenvalue weighted by Crippen LogP contribution is -2.54. The molecule has 0 saturated heterocycles. The number of aliphatic hydroxyl groups is 1. The maximum atomic E-state index is 11.9. The van der Waals surface area contributed by atoms with Gasteiger partial charge < -0.3 is 9.90 Å². The van der Waals surface area contributed by atoms with Crippen molar-refractivity contribution in [3.8, 4) is 0 Å². The normalized spacial score (nSPS) is 27.2. The van der Waals surface area contributed by atoms with Gasteiger partial charge in [0.15, 0.2) is 5.78 Å². The number of allylic oxidation sites excluding steroid dienone is 3. The van der Waals surface area contributed by atoms with Crippen LogP contribution in [0.2, 0.25) is 0 Å². The third-order valence-electron chi connectivity index (χ3n) is 3.45. The van der Waals surface area contributed by atoms with Gasteiger partial charge in [0, 0.05) is 11.5 Å². The van der Waals surface area contributed by atoms with Crippen LogP contribution in [0.4, 0.5) is 0 Å². The average molecular weight is 257 g/mol. The van der Waals surface area contributed by atoms with E-state index in [1.54, 1.807) is 32.1 Å². The predicted molar refractivity (Wildman–Crippen MR) is 66.7 cm³/mol. The molecule has 0 amide bonds. The lowest BCUT2D eigenvalue weighted by Gasteiger charge is -2.40. The Bertz CT molecular complexity index is 386. The van der Waals surface area contributed by atoms with Crippen LogP contribution in [-0.4, -0.2) is 22.8 Å². The summed E-state index contributed by atoms with van der Waals surface area (Å²) in [6, 6.07) is 0. The highest BCUT2D eigenvalue weighted by molar-refractivity contribution is 6.31. The van der Waals surface area contributed by atoms with Crippen LogP contribution in [-0.2, 0) is 9.59 Å². The molecule has 0 aromatic heterocycles. The minimum absolute atomic E-state index is 0.200. The Hall–Kier alpha value is -0.930. The van der Waals surface area contributed by atoms with Gasteiger partial charge in [-0.15, -0.1) is 0 Å². The predicted octanol–water partition coefficient (Wildman–Crippen LogP) is 2.37. The van der Waals surface area contributed by atoms with Gasteiger partial charge in [0.05, 0.1) is 5.41 Å². The molecule has 0 aliphatic heterocycles. The summed E-state index contributed by atoms with van der Waals surface area (Å²) in [5.41, 5.74) is -2.83. The standard InChI is InChI=1S/C13H17ClO3/c1-3-11(16)13(17,4-2)12(9-15)7-5-10(14)6-8-12/h5-7,9,17H,3-4,8H2,1-2H3/t12-,13+/m0/s1. The molecule has 0 radical (unpaired) electrons. The third kappa shape index (κ3) is 2.22. The van der Waals surface area contributed by atoms with Gasteiger partial charge in [-0.1, -0.05) is 37.6 Å². The summed E-state index contributed by atoms with van der Waals surface area (Å²) in [6.07, 6.45) is 6.06. The zero-order valence-electron chi connectivity index (χ0n) is 10.1. The van der Waals surface area contributed by atoms with E-state index in [1.807, 2.05) is 0 Å². The number of carbonyl (C=O) groups excluding carboxylic acids is 2. The van der Waals surface area contributed by atoms with E-state index in [2.05, 4.69) is 0 Å². The summed E-state index contributed by atoms with van der Waals surface area (Å²) in [4.78, 5) is 23.3. The molecular formula is C13H17ClO3. The van der Waals surface area contributed by atoms with Crippen molar-refractivity contribution in [1.82, 2.24) is 0 Å².